The van der Waals surface area contributed by atoms with Gasteiger partial charge in [-0.3, -0.25) is 0 Å². The molecule has 18 heavy (non-hydrogen) atoms. The van der Waals surface area contributed by atoms with Gasteiger partial charge in [0.25, 0.3) is 0 Å². The molecule has 1 fully saturated rings. The van der Waals surface area contributed by atoms with Gasteiger partial charge in [-0.1, -0.05) is 0 Å². The Labute approximate surface area is 108 Å². The van der Waals surface area contributed by atoms with E-state index >= 15 is 0 Å². The molecule has 1 aliphatic heterocycles. The van der Waals surface area contributed by atoms with Crippen LogP contribution in [0.4, 0.5) is 11.4 Å². The molecule has 1 unspecified atom stereocenters. The number of hydrogen-bond donors (Lipinski definition) is 2. The first-order chi connectivity index (χ1) is 8.79. The van der Waals surface area contributed by atoms with E-state index in [0.717, 1.165) is 25.3 Å². The SMILES string of the molecule is COc1cc(NCCC2CCCCO2)ccc1N. The second-order valence-corrected chi connectivity index (χ2v) is 4.66. The Balaban J connectivity index is 1.79. The van der Waals surface area contributed by atoms with E-state index in [1.807, 2.05) is 18.2 Å². The molecule has 0 spiro atoms. The van der Waals surface area contributed by atoms with Gasteiger partial charge >= 0.3 is 0 Å². The molecule has 100 valence electrons. The lowest BCUT2D eigenvalue weighted by molar-refractivity contribution is 0.0134. The van der Waals surface area contributed by atoms with Gasteiger partial charge in [-0.15, -0.1) is 0 Å². The van der Waals surface area contributed by atoms with Crippen molar-refractivity contribution in [2.45, 2.75) is 31.8 Å². The van der Waals surface area contributed by atoms with Crippen molar-refractivity contribution in [2.24, 2.45) is 0 Å². The van der Waals surface area contributed by atoms with Gasteiger partial charge in [0.15, 0.2) is 0 Å². The summed E-state index contributed by atoms with van der Waals surface area (Å²) < 4.78 is 10.9. The molecule has 0 bridgehead atoms. The molecule has 0 saturated carbocycles. The molecule has 0 amide bonds. The predicted molar refractivity (Wildman–Crippen MR) is 74.1 cm³/mol. The van der Waals surface area contributed by atoms with Crippen LogP contribution in [0.15, 0.2) is 18.2 Å². The highest BCUT2D eigenvalue weighted by atomic mass is 16.5. The zero-order valence-electron chi connectivity index (χ0n) is 10.9. The van der Waals surface area contributed by atoms with Crippen LogP contribution in [0.2, 0.25) is 0 Å². The van der Waals surface area contributed by atoms with Crippen molar-refractivity contribution in [2.75, 3.05) is 31.3 Å². The van der Waals surface area contributed by atoms with E-state index in [9.17, 15) is 0 Å². The Morgan fingerprint density at radius 3 is 3.06 bits per heavy atom. The number of benzene rings is 1. The summed E-state index contributed by atoms with van der Waals surface area (Å²) in [5, 5.41) is 3.38. The second kappa shape index (κ2) is 6.50. The van der Waals surface area contributed by atoms with E-state index in [1.165, 1.54) is 19.3 Å². The van der Waals surface area contributed by atoms with Gasteiger partial charge in [0.2, 0.25) is 0 Å². The maximum atomic E-state index is 5.77. The highest BCUT2D eigenvalue weighted by molar-refractivity contribution is 5.61. The molecule has 0 radical (unpaired) electrons. The average molecular weight is 250 g/mol. The van der Waals surface area contributed by atoms with Crippen LogP contribution in [-0.4, -0.2) is 26.4 Å². The Kier molecular flexibility index (Phi) is 4.70. The highest BCUT2D eigenvalue weighted by Gasteiger charge is 2.12. The van der Waals surface area contributed by atoms with Crippen molar-refractivity contribution < 1.29 is 9.47 Å². The van der Waals surface area contributed by atoms with Crippen LogP contribution >= 0.6 is 0 Å². The molecule has 1 aliphatic rings. The van der Waals surface area contributed by atoms with Crippen LogP contribution in [0.25, 0.3) is 0 Å². The largest absolute Gasteiger partial charge is 0.495 e. The fourth-order valence-electron chi connectivity index (χ4n) is 2.23. The zero-order valence-corrected chi connectivity index (χ0v) is 10.9. The van der Waals surface area contributed by atoms with Gasteiger partial charge in [-0.05, 0) is 37.8 Å². The topological polar surface area (TPSA) is 56.5 Å². The molecule has 0 aromatic heterocycles. The Morgan fingerprint density at radius 1 is 1.44 bits per heavy atom. The molecule has 1 aromatic carbocycles. The number of rotatable bonds is 5. The lowest BCUT2D eigenvalue weighted by Crippen LogP contribution is -2.21. The minimum absolute atomic E-state index is 0.418. The zero-order chi connectivity index (χ0) is 12.8. The van der Waals surface area contributed by atoms with E-state index in [4.69, 9.17) is 15.2 Å². The van der Waals surface area contributed by atoms with E-state index in [-0.39, 0.29) is 0 Å². The second-order valence-electron chi connectivity index (χ2n) is 4.66. The highest BCUT2D eigenvalue weighted by Crippen LogP contribution is 2.25. The lowest BCUT2D eigenvalue weighted by Gasteiger charge is -2.22. The first-order valence-electron chi connectivity index (χ1n) is 6.58. The van der Waals surface area contributed by atoms with Crippen LogP contribution in [0, 0.1) is 0 Å². The van der Waals surface area contributed by atoms with E-state index in [0.29, 0.717) is 17.5 Å². The van der Waals surface area contributed by atoms with Gasteiger partial charge in [0.05, 0.1) is 18.9 Å². The van der Waals surface area contributed by atoms with Crippen LogP contribution in [0.5, 0.6) is 5.75 Å². The molecule has 2 rings (SSSR count). The van der Waals surface area contributed by atoms with Crippen LogP contribution < -0.4 is 15.8 Å². The monoisotopic (exact) mass is 250 g/mol. The smallest absolute Gasteiger partial charge is 0.143 e. The van der Waals surface area contributed by atoms with Gasteiger partial charge < -0.3 is 20.5 Å². The van der Waals surface area contributed by atoms with Crippen molar-refractivity contribution in [3.05, 3.63) is 18.2 Å². The third-order valence-corrected chi connectivity index (χ3v) is 3.30. The standard InChI is InChI=1S/C14H22N2O2/c1-17-14-10-11(5-6-13(14)15)16-8-7-12-4-2-3-9-18-12/h5-6,10,12,16H,2-4,7-9,15H2,1H3. The third-order valence-electron chi connectivity index (χ3n) is 3.30. The summed E-state index contributed by atoms with van der Waals surface area (Å²) in [5.41, 5.74) is 7.48. The summed E-state index contributed by atoms with van der Waals surface area (Å²) in [6.07, 6.45) is 5.15. The first-order valence-corrected chi connectivity index (χ1v) is 6.58. The maximum Gasteiger partial charge on any atom is 0.143 e. The molecule has 4 nitrogen and oxygen atoms in total. The van der Waals surface area contributed by atoms with Gasteiger partial charge in [-0.25, -0.2) is 0 Å². The Morgan fingerprint density at radius 2 is 2.33 bits per heavy atom. The third kappa shape index (κ3) is 3.53. The van der Waals surface area contributed by atoms with Crippen LogP contribution in [-0.2, 0) is 4.74 Å². The molecule has 1 heterocycles. The van der Waals surface area contributed by atoms with Gasteiger partial charge in [-0.2, -0.15) is 0 Å². The van der Waals surface area contributed by atoms with Crippen molar-refractivity contribution in [3.8, 4) is 5.75 Å². The summed E-state index contributed by atoms with van der Waals surface area (Å²) in [5.74, 6) is 0.717. The van der Waals surface area contributed by atoms with E-state index in [1.54, 1.807) is 7.11 Å². The Hall–Kier alpha value is -1.42. The predicted octanol–water partition coefficient (Wildman–Crippen LogP) is 2.65. The summed E-state index contributed by atoms with van der Waals surface area (Å²) in [7, 11) is 1.63. The number of nitrogens with two attached hydrogens (primary N) is 1. The Bertz CT molecular complexity index is 376. The van der Waals surface area contributed by atoms with E-state index in [2.05, 4.69) is 5.32 Å². The number of nitrogen functional groups attached to an aromatic ring is 1. The lowest BCUT2D eigenvalue weighted by atomic mass is 10.1. The molecular weight excluding hydrogens is 228 g/mol. The number of nitrogens with one attached hydrogen (secondary N) is 1. The van der Waals surface area contributed by atoms with Crippen molar-refractivity contribution in [1.29, 1.82) is 0 Å². The molecule has 4 heteroatoms. The van der Waals surface area contributed by atoms with Gasteiger partial charge in [0.1, 0.15) is 5.75 Å². The minimum atomic E-state index is 0.418. The average Bonchev–Trinajstić information content (AvgIpc) is 2.42. The van der Waals surface area contributed by atoms with Crippen LogP contribution in [0.1, 0.15) is 25.7 Å². The quantitative estimate of drug-likeness (QED) is 0.789. The van der Waals surface area contributed by atoms with Gasteiger partial charge in [0, 0.05) is 24.9 Å². The van der Waals surface area contributed by atoms with Crippen molar-refractivity contribution >= 4 is 11.4 Å². The summed E-state index contributed by atoms with van der Waals surface area (Å²) in [6, 6.07) is 5.76. The maximum absolute atomic E-state index is 5.77. The molecule has 1 aromatic rings. The van der Waals surface area contributed by atoms with Crippen molar-refractivity contribution in [3.63, 3.8) is 0 Å². The normalized spacial score (nSPS) is 19.5. The van der Waals surface area contributed by atoms with Crippen molar-refractivity contribution in [1.82, 2.24) is 0 Å². The number of ether oxygens (including phenoxy) is 2. The number of anilines is 2. The molecule has 1 atom stereocenters. The summed E-state index contributed by atoms with van der Waals surface area (Å²) in [6.45, 7) is 1.83. The molecular formula is C14H22N2O2. The summed E-state index contributed by atoms with van der Waals surface area (Å²) >= 11 is 0. The number of methoxy groups -OCH3 is 1. The summed E-state index contributed by atoms with van der Waals surface area (Å²) in [4.78, 5) is 0. The molecule has 0 aliphatic carbocycles. The number of hydrogen-bond acceptors (Lipinski definition) is 4. The fourth-order valence-corrected chi connectivity index (χ4v) is 2.23. The molecule has 1 saturated heterocycles. The fraction of sp³-hybridized carbons (Fsp3) is 0.571. The van der Waals surface area contributed by atoms with E-state index < -0.39 is 0 Å². The minimum Gasteiger partial charge on any atom is -0.495 e. The molecule has 3 N–H and O–H groups in total. The van der Waals surface area contributed by atoms with Crippen LogP contribution in [0.3, 0.4) is 0 Å². The first kappa shape index (κ1) is 13.0.